The third-order valence-corrected chi connectivity index (χ3v) is 6.29. The minimum absolute atomic E-state index is 0.414. The molecule has 7 nitrogen and oxygen atoms in total. The molecule has 166 valence electrons. The standard InChI is InChI=1S/C25H22N4O3S/c1-3-19-24(28(16-30)15-17-10-12-18(31-2)13-11-17)29-14-6-8-21(23(29)26-19)32-25-27-20-7-4-5-9-22(20)33-25/h4-14,16H,3,15H2,1-2H3. The molecule has 3 aromatic heterocycles. The van der Waals surface area contributed by atoms with Gasteiger partial charge in [-0.15, -0.1) is 0 Å². The fourth-order valence-electron chi connectivity index (χ4n) is 3.78. The SMILES string of the molecule is CCc1nc2c(Oc3nc4ccccc4s3)cccn2c1N(C=O)Cc1ccc(OC)cc1. The van der Waals surface area contributed by atoms with Gasteiger partial charge in [0.15, 0.2) is 11.4 Å². The van der Waals surface area contributed by atoms with E-state index in [2.05, 4.69) is 4.98 Å². The number of para-hydroxylation sites is 1. The zero-order chi connectivity index (χ0) is 22.8. The van der Waals surface area contributed by atoms with Crippen LogP contribution in [0.2, 0.25) is 0 Å². The number of aromatic nitrogens is 3. The first-order valence-electron chi connectivity index (χ1n) is 10.6. The second-order valence-corrected chi connectivity index (χ2v) is 8.43. The summed E-state index contributed by atoms with van der Waals surface area (Å²) in [5, 5.41) is 0.553. The molecule has 2 aromatic carbocycles. The number of anilines is 1. The fraction of sp³-hybridized carbons (Fsp3) is 0.160. The van der Waals surface area contributed by atoms with Crippen molar-refractivity contribution in [3.63, 3.8) is 0 Å². The molecule has 1 amide bonds. The Morgan fingerprint density at radius 3 is 2.61 bits per heavy atom. The van der Waals surface area contributed by atoms with Crippen LogP contribution in [-0.4, -0.2) is 27.9 Å². The number of methoxy groups -OCH3 is 1. The van der Waals surface area contributed by atoms with Crippen molar-refractivity contribution >= 4 is 39.4 Å². The average molecular weight is 459 g/mol. The van der Waals surface area contributed by atoms with Gasteiger partial charge in [-0.2, -0.15) is 0 Å². The number of nitrogens with zero attached hydrogens (tertiary/aromatic N) is 4. The van der Waals surface area contributed by atoms with Gasteiger partial charge in [0, 0.05) is 6.20 Å². The Kier molecular flexibility index (Phi) is 5.66. The lowest BCUT2D eigenvalue weighted by Crippen LogP contribution is -2.23. The summed E-state index contributed by atoms with van der Waals surface area (Å²) < 4.78 is 14.3. The normalized spacial score (nSPS) is 11.1. The molecule has 0 N–H and O–H groups in total. The van der Waals surface area contributed by atoms with E-state index in [1.54, 1.807) is 12.0 Å². The van der Waals surface area contributed by atoms with E-state index < -0.39 is 0 Å². The topological polar surface area (TPSA) is 69.0 Å². The van der Waals surface area contributed by atoms with Crippen molar-refractivity contribution < 1.29 is 14.3 Å². The number of amides is 1. The molecule has 0 radical (unpaired) electrons. The van der Waals surface area contributed by atoms with Crippen molar-refractivity contribution in [3.8, 4) is 16.7 Å². The lowest BCUT2D eigenvalue weighted by atomic mass is 10.2. The molecular weight excluding hydrogens is 436 g/mol. The highest BCUT2D eigenvalue weighted by molar-refractivity contribution is 7.20. The Bertz CT molecular complexity index is 1390. The fourth-order valence-corrected chi connectivity index (χ4v) is 4.61. The number of hydrogen-bond donors (Lipinski definition) is 0. The van der Waals surface area contributed by atoms with Gasteiger partial charge in [-0.1, -0.05) is 42.5 Å². The van der Waals surface area contributed by atoms with Crippen molar-refractivity contribution in [2.45, 2.75) is 19.9 Å². The van der Waals surface area contributed by atoms with E-state index >= 15 is 0 Å². The number of benzene rings is 2. The molecule has 5 rings (SSSR count). The molecule has 0 bridgehead atoms. The summed E-state index contributed by atoms with van der Waals surface area (Å²) in [5.41, 5.74) is 3.34. The minimum atomic E-state index is 0.414. The number of imidazole rings is 1. The van der Waals surface area contributed by atoms with E-state index in [1.165, 1.54) is 11.3 Å². The Hall–Kier alpha value is -3.91. The summed E-state index contributed by atoms with van der Waals surface area (Å²) in [7, 11) is 1.63. The highest BCUT2D eigenvalue weighted by Gasteiger charge is 2.20. The van der Waals surface area contributed by atoms with Gasteiger partial charge in [0.25, 0.3) is 5.19 Å². The summed E-state index contributed by atoms with van der Waals surface area (Å²) in [6.07, 6.45) is 3.41. The maximum Gasteiger partial charge on any atom is 0.279 e. The number of fused-ring (bicyclic) bond motifs is 2. The van der Waals surface area contributed by atoms with Crippen LogP contribution in [0.4, 0.5) is 5.82 Å². The molecule has 0 spiro atoms. The summed E-state index contributed by atoms with van der Waals surface area (Å²) in [6.45, 7) is 2.44. The molecule has 8 heteroatoms. The summed E-state index contributed by atoms with van der Waals surface area (Å²) in [4.78, 5) is 23.2. The number of carbonyl (C=O) groups excluding carboxylic acids is 1. The maximum absolute atomic E-state index is 12.1. The minimum Gasteiger partial charge on any atom is -0.497 e. The van der Waals surface area contributed by atoms with Crippen LogP contribution in [0.1, 0.15) is 18.2 Å². The second kappa shape index (κ2) is 8.91. The number of hydrogen-bond acceptors (Lipinski definition) is 6. The van der Waals surface area contributed by atoms with Crippen molar-refractivity contribution in [2.24, 2.45) is 0 Å². The molecule has 0 aliphatic carbocycles. The van der Waals surface area contributed by atoms with Crippen molar-refractivity contribution in [1.82, 2.24) is 14.4 Å². The van der Waals surface area contributed by atoms with Crippen molar-refractivity contribution in [3.05, 3.63) is 78.1 Å². The third kappa shape index (κ3) is 4.01. The quantitative estimate of drug-likeness (QED) is 0.288. The summed E-state index contributed by atoms with van der Waals surface area (Å²) in [6, 6.07) is 19.3. The first kappa shape index (κ1) is 21.0. The Morgan fingerprint density at radius 2 is 1.88 bits per heavy atom. The second-order valence-electron chi connectivity index (χ2n) is 7.43. The van der Waals surface area contributed by atoms with Crippen LogP contribution in [-0.2, 0) is 17.8 Å². The molecule has 0 aliphatic heterocycles. The van der Waals surface area contributed by atoms with Gasteiger partial charge < -0.3 is 9.47 Å². The Labute approximate surface area is 194 Å². The van der Waals surface area contributed by atoms with Crippen LogP contribution in [0.5, 0.6) is 16.7 Å². The Morgan fingerprint density at radius 1 is 1.06 bits per heavy atom. The lowest BCUT2D eigenvalue weighted by Gasteiger charge is -2.19. The zero-order valence-electron chi connectivity index (χ0n) is 18.3. The van der Waals surface area contributed by atoms with E-state index in [4.69, 9.17) is 14.5 Å². The molecule has 0 unspecified atom stereocenters. The maximum atomic E-state index is 12.1. The predicted molar refractivity (Wildman–Crippen MR) is 130 cm³/mol. The molecule has 0 atom stereocenters. The lowest BCUT2D eigenvalue weighted by molar-refractivity contribution is -0.107. The number of thiazole rings is 1. The molecule has 33 heavy (non-hydrogen) atoms. The van der Waals surface area contributed by atoms with Crippen molar-refractivity contribution in [1.29, 1.82) is 0 Å². The van der Waals surface area contributed by atoms with Gasteiger partial charge in [-0.25, -0.2) is 9.97 Å². The number of aryl methyl sites for hydroxylation is 1. The number of ether oxygens (including phenoxy) is 2. The first-order chi connectivity index (χ1) is 16.2. The van der Waals surface area contributed by atoms with Gasteiger partial charge in [0.2, 0.25) is 6.41 Å². The highest BCUT2D eigenvalue weighted by Crippen LogP contribution is 2.35. The molecule has 0 saturated heterocycles. The largest absolute Gasteiger partial charge is 0.497 e. The van der Waals surface area contributed by atoms with E-state index in [9.17, 15) is 4.79 Å². The van der Waals surface area contributed by atoms with Crippen LogP contribution < -0.4 is 14.4 Å². The van der Waals surface area contributed by atoms with Gasteiger partial charge in [-0.3, -0.25) is 14.1 Å². The van der Waals surface area contributed by atoms with E-state index in [-0.39, 0.29) is 0 Å². The van der Waals surface area contributed by atoms with Crippen LogP contribution in [0, 0.1) is 0 Å². The molecule has 0 fully saturated rings. The zero-order valence-corrected chi connectivity index (χ0v) is 19.1. The van der Waals surface area contributed by atoms with Gasteiger partial charge in [0.05, 0.1) is 29.6 Å². The molecule has 0 saturated carbocycles. The molecule has 0 aliphatic rings. The molecule has 5 aromatic rings. The predicted octanol–water partition coefficient (Wildman–Crippen LogP) is 5.47. The average Bonchev–Trinajstić information content (AvgIpc) is 3.44. The summed E-state index contributed by atoms with van der Waals surface area (Å²) >= 11 is 1.49. The number of pyridine rings is 1. The van der Waals surface area contributed by atoms with Gasteiger partial charge in [0.1, 0.15) is 11.6 Å². The molecular formula is C25H22N4O3S. The van der Waals surface area contributed by atoms with E-state index in [1.807, 2.05) is 78.2 Å². The monoisotopic (exact) mass is 458 g/mol. The number of carbonyl (C=O) groups is 1. The van der Waals surface area contributed by atoms with E-state index in [0.29, 0.717) is 29.6 Å². The summed E-state index contributed by atoms with van der Waals surface area (Å²) in [5.74, 6) is 2.10. The highest BCUT2D eigenvalue weighted by atomic mass is 32.1. The van der Waals surface area contributed by atoms with Gasteiger partial charge in [-0.05, 0) is 48.4 Å². The first-order valence-corrected chi connectivity index (χ1v) is 11.4. The van der Waals surface area contributed by atoms with Crippen LogP contribution >= 0.6 is 11.3 Å². The molecule has 3 heterocycles. The van der Waals surface area contributed by atoms with Crippen LogP contribution in [0.3, 0.4) is 0 Å². The number of rotatable bonds is 8. The van der Waals surface area contributed by atoms with Crippen LogP contribution in [0.15, 0.2) is 66.9 Å². The van der Waals surface area contributed by atoms with E-state index in [0.717, 1.165) is 39.5 Å². The van der Waals surface area contributed by atoms with Gasteiger partial charge >= 0.3 is 0 Å². The van der Waals surface area contributed by atoms with Crippen LogP contribution in [0.25, 0.3) is 15.9 Å². The Balaban J connectivity index is 1.52. The third-order valence-electron chi connectivity index (χ3n) is 5.38. The smallest absolute Gasteiger partial charge is 0.279 e. The van der Waals surface area contributed by atoms with Crippen molar-refractivity contribution in [2.75, 3.05) is 12.0 Å².